The van der Waals surface area contributed by atoms with Gasteiger partial charge in [-0.15, -0.1) is 11.3 Å². The van der Waals surface area contributed by atoms with Crippen LogP contribution in [0.2, 0.25) is 5.02 Å². The second-order valence-electron chi connectivity index (χ2n) is 5.31. The first-order valence-corrected chi connectivity index (χ1v) is 8.77. The number of esters is 1. The van der Waals surface area contributed by atoms with Crippen LogP contribution in [0.25, 0.3) is 10.1 Å². The lowest BCUT2D eigenvalue weighted by atomic mass is 10.2. The highest BCUT2D eigenvalue weighted by atomic mass is 35.5. The Balaban J connectivity index is 0.000000221. The number of nitro benzene ring substituents is 2. The molecule has 3 aromatic rings. The zero-order valence-corrected chi connectivity index (χ0v) is 16.2. The molecule has 0 spiro atoms. The Bertz CT molecular complexity index is 1170. The van der Waals surface area contributed by atoms with Crippen molar-refractivity contribution in [2.75, 3.05) is 12.8 Å². The number of nitrogen functional groups attached to an aromatic ring is 1. The molecule has 1 heterocycles. The fraction of sp³-hybridized carbons (Fsp3) is 0.0588. The molecule has 0 saturated carbocycles. The van der Waals surface area contributed by atoms with Gasteiger partial charge in [-0.1, -0.05) is 11.6 Å². The highest BCUT2D eigenvalue weighted by Crippen LogP contribution is 2.36. The number of nitriles is 1. The van der Waals surface area contributed by atoms with Gasteiger partial charge in [0.05, 0.1) is 33.2 Å². The van der Waals surface area contributed by atoms with E-state index < -0.39 is 15.8 Å². The number of hydrogen-bond donors (Lipinski definition) is 1. The van der Waals surface area contributed by atoms with Crippen LogP contribution in [0.15, 0.2) is 36.4 Å². The lowest BCUT2D eigenvalue weighted by Gasteiger charge is -1.96. The molecule has 0 unspecified atom stereocenters. The fourth-order valence-corrected chi connectivity index (χ4v) is 3.36. The van der Waals surface area contributed by atoms with Gasteiger partial charge in [0.1, 0.15) is 10.9 Å². The zero-order chi connectivity index (χ0) is 21.7. The van der Waals surface area contributed by atoms with Crippen molar-refractivity contribution >= 4 is 56.1 Å². The van der Waals surface area contributed by atoms with Gasteiger partial charge in [-0.05, 0) is 12.1 Å². The largest absolute Gasteiger partial charge is 0.465 e. The van der Waals surface area contributed by atoms with Gasteiger partial charge in [-0.2, -0.15) is 5.26 Å². The Kier molecular flexibility index (Phi) is 6.66. The third-order valence-corrected chi connectivity index (χ3v) is 5.07. The molecule has 0 radical (unpaired) electrons. The normalized spacial score (nSPS) is 9.83. The molecule has 0 fully saturated rings. The summed E-state index contributed by atoms with van der Waals surface area (Å²) in [5.41, 5.74) is 5.92. The number of nitrogens with zero attached hydrogens (tertiary/aromatic N) is 3. The number of ether oxygens (including phenoxy) is 1. The van der Waals surface area contributed by atoms with Crippen molar-refractivity contribution in [1.82, 2.24) is 0 Å². The third-order valence-electron chi connectivity index (χ3n) is 3.57. The molecule has 10 nitrogen and oxygen atoms in total. The molecule has 3 rings (SSSR count). The number of rotatable bonds is 3. The van der Waals surface area contributed by atoms with Crippen molar-refractivity contribution < 1.29 is 19.4 Å². The Morgan fingerprint density at radius 1 is 1.17 bits per heavy atom. The summed E-state index contributed by atoms with van der Waals surface area (Å²) >= 11 is 6.71. The molecule has 0 atom stereocenters. The summed E-state index contributed by atoms with van der Waals surface area (Å²) in [5.74, 6) is -0.536. The second kappa shape index (κ2) is 8.96. The summed E-state index contributed by atoms with van der Waals surface area (Å²) in [4.78, 5) is 31.4. The van der Waals surface area contributed by atoms with E-state index in [0.29, 0.717) is 10.1 Å². The molecule has 148 valence electrons. The van der Waals surface area contributed by atoms with E-state index in [4.69, 9.17) is 22.6 Å². The van der Waals surface area contributed by atoms with E-state index in [1.807, 2.05) is 0 Å². The molecule has 2 N–H and O–H groups in total. The highest BCUT2D eigenvalue weighted by molar-refractivity contribution is 7.21. The smallest absolute Gasteiger partial charge is 0.350 e. The predicted octanol–water partition coefficient (Wildman–Crippen LogP) is 4.30. The predicted molar refractivity (Wildman–Crippen MR) is 107 cm³/mol. The summed E-state index contributed by atoms with van der Waals surface area (Å²) in [6, 6.07) is 9.78. The molecule has 0 aliphatic heterocycles. The molecular formula is C17H11ClN4O6S. The van der Waals surface area contributed by atoms with E-state index in [-0.39, 0.29) is 32.5 Å². The van der Waals surface area contributed by atoms with E-state index in [2.05, 4.69) is 4.74 Å². The van der Waals surface area contributed by atoms with Crippen LogP contribution in [-0.4, -0.2) is 22.9 Å². The lowest BCUT2D eigenvalue weighted by molar-refractivity contribution is -0.385. The molecule has 0 aliphatic rings. The van der Waals surface area contributed by atoms with Crippen molar-refractivity contribution in [3.8, 4) is 6.07 Å². The molecular weight excluding hydrogens is 424 g/mol. The van der Waals surface area contributed by atoms with Crippen LogP contribution in [0.1, 0.15) is 15.2 Å². The minimum absolute atomic E-state index is 0.0570. The number of anilines is 1. The first kappa shape index (κ1) is 21.5. The first-order valence-electron chi connectivity index (χ1n) is 7.58. The SMILES string of the molecule is COC(=O)c1sc2ccc([N+](=O)[O-])cc2c1N.N#Cc1cc([N+](=O)[O-])ccc1Cl. The summed E-state index contributed by atoms with van der Waals surface area (Å²) in [6.07, 6.45) is 0. The molecule has 2 aromatic carbocycles. The maximum absolute atomic E-state index is 11.4. The maximum Gasteiger partial charge on any atom is 0.350 e. The van der Waals surface area contributed by atoms with E-state index >= 15 is 0 Å². The minimum atomic E-state index is -0.572. The van der Waals surface area contributed by atoms with Crippen molar-refractivity contribution in [3.63, 3.8) is 0 Å². The topological polar surface area (TPSA) is 162 Å². The fourth-order valence-electron chi connectivity index (χ4n) is 2.18. The van der Waals surface area contributed by atoms with E-state index in [1.54, 1.807) is 12.1 Å². The molecule has 0 bridgehead atoms. The van der Waals surface area contributed by atoms with Gasteiger partial charge in [0.25, 0.3) is 11.4 Å². The van der Waals surface area contributed by atoms with Gasteiger partial charge in [0.15, 0.2) is 0 Å². The maximum atomic E-state index is 11.4. The van der Waals surface area contributed by atoms with Gasteiger partial charge in [0, 0.05) is 34.4 Å². The van der Waals surface area contributed by atoms with Crippen LogP contribution in [0, 0.1) is 31.6 Å². The van der Waals surface area contributed by atoms with Gasteiger partial charge in [0.2, 0.25) is 0 Å². The number of fused-ring (bicyclic) bond motifs is 1. The number of thiophene rings is 1. The van der Waals surface area contributed by atoms with E-state index in [1.165, 1.54) is 31.4 Å². The molecule has 0 amide bonds. The molecule has 12 heteroatoms. The number of halogens is 1. The summed E-state index contributed by atoms with van der Waals surface area (Å²) < 4.78 is 5.30. The Labute approximate surface area is 172 Å². The highest BCUT2D eigenvalue weighted by Gasteiger charge is 2.18. The summed E-state index contributed by atoms with van der Waals surface area (Å²) in [7, 11) is 1.26. The number of hydrogen-bond acceptors (Lipinski definition) is 9. The average molecular weight is 435 g/mol. The first-order chi connectivity index (χ1) is 13.7. The second-order valence-corrected chi connectivity index (χ2v) is 6.77. The molecule has 0 saturated heterocycles. The molecule has 0 aliphatic carbocycles. The van der Waals surface area contributed by atoms with Crippen molar-refractivity contribution in [2.45, 2.75) is 0 Å². The van der Waals surface area contributed by atoms with Crippen LogP contribution in [0.3, 0.4) is 0 Å². The van der Waals surface area contributed by atoms with Gasteiger partial charge >= 0.3 is 5.97 Å². The number of nitrogens with two attached hydrogens (primary N) is 1. The van der Waals surface area contributed by atoms with E-state index in [9.17, 15) is 25.0 Å². The van der Waals surface area contributed by atoms with Crippen LogP contribution < -0.4 is 5.73 Å². The van der Waals surface area contributed by atoms with Crippen molar-refractivity contribution in [1.29, 1.82) is 5.26 Å². The zero-order valence-electron chi connectivity index (χ0n) is 14.6. The van der Waals surface area contributed by atoms with Crippen LogP contribution in [-0.2, 0) is 4.74 Å². The number of methoxy groups -OCH3 is 1. The third kappa shape index (κ3) is 4.75. The molecule has 1 aromatic heterocycles. The van der Waals surface area contributed by atoms with Crippen LogP contribution in [0.5, 0.6) is 0 Å². The Morgan fingerprint density at radius 3 is 2.31 bits per heavy atom. The monoisotopic (exact) mass is 434 g/mol. The van der Waals surface area contributed by atoms with E-state index in [0.717, 1.165) is 17.4 Å². The van der Waals surface area contributed by atoms with Crippen LogP contribution in [0.4, 0.5) is 17.1 Å². The summed E-state index contributed by atoms with van der Waals surface area (Å²) in [6.45, 7) is 0. The number of carbonyl (C=O) groups is 1. The number of benzene rings is 2. The van der Waals surface area contributed by atoms with Gasteiger partial charge < -0.3 is 10.5 Å². The quantitative estimate of drug-likeness (QED) is 0.362. The lowest BCUT2D eigenvalue weighted by Crippen LogP contribution is -2.01. The minimum Gasteiger partial charge on any atom is -0.465 e. The van der Waals surface area contributed by atoms with Crippen LogP contribution >= 0.6 is 22.9 Å². The Hall–Kier alpha value is -3.75. The number of non-ortho nitro benzene ring substituents is 2. The number of nitro groups is 2. The van der Waals surface area contributed by atoms with Gasteiger partial charge in [-0.3, -0.25) is 20.2 Å². The van der Waals surface area contributed by atoms with Gasteiger partial charge in [-0.25, -0.2) is 4.79 Å². The summed E-state index contributed by atoms with van der Waals surface area (Å²) in [5, 5.41) is 30.1. The van der Waals surface area contributed by atoms with Crippen molar-refractivity contribution in [3.05, 3.63) is 72.1 Å². The number of carbonyl (C=O) groups excluding carboxylic acids is 1. The van der Waals surface area contributed by atoms with Crippen molar-refractivity contribution in [2.24, 2.45) is 0 Å². The Morgan fingerprint density at radius 2 is 1.76 bits per heavy atom. The molecule has 29 heavy (non-hydrogen) atoms. The standard InChI is InChI=1S/C10H8N2O4S.C7H3ClN2O2/c1-16-10(13)9-8(11)6-4-5(12(14)15)2-3-7(6)17-9;8-7-2-1-6(10(11)12)3-5(7)4-9/h2-4H,11H2,1H3;1-3H. The average Bonchev–Trinajstić information content (AvgIpc) is 3.04.